The third-order valence-corrected chi connectivity index (χ3v) is 5.06. The van der Waals surface area contributed by atoms with Gasteiger partial charge < -0.3 is 0 Å². The molecule has 1 aliphatic heterocycles. The molecule has 0 aromatic heterocycles. The molecule has 0 amide bonds. The fourth-order valence-corrected chi connectivity index (χ4v) is 4.55. The van der Waals surface area contributed by atoms with Crippen LogP contribution in [0, 0.1) is 23.2 Å². The lowest BCUT2D eigenvalue weighted by molar-refractivity contribution is -0.552. The molecule has 0 saturated heterocycles. The summed E-state index contributed by atoms with van der Waals surface area (Å²) in [4.78, 5) is 24.5. The zero-order valence-corrected chi connectivity index (χ0v) is 11.4. The number of Topliss-reactive ketones (excluding diaryl/α,β-unsaturated/α-hetero) is 2. The molecule has 5 atom stereocenters. The van der Waals surface area contributed by atoms with E-state index in [-0.39, 0.29) is 40.8 Å². The molecule has 3 aliphatic rings. The Morgan fingerprint density at radius 1 is 1.33 bits per heavy atom. The van der Waals surface area contributed by atoms with Crippen LogP contribution in [-0.2, 0) is 9.59 Å². The Morgan fingerprint density at radius 3 is 2.67 bits per heavy atom. The first-order valence-electron chi connectivity index (χ1n) is 6.69. The molecule has 0 radical (unpaired) electrons. The SMILES string of the molecule is CC1=C[C@]2(C)C[C@@H]3C(=O)C(C)C(=O)[C@@H]3[C@@H]2[N+](C)=C1. The summed E-state index contributed by atoms with van der Waals surface area (Å²) in [6, 6.07) is 0.160. The number of hydrogen-bond acceptors (Lipinski definition) is 2. The fourth-order valence-electron chi connectivity index (χ4n) is 4.55. The summed E-state index contributed by atoms with van der Waals surface area (Å²) < 4.78 is 2.16. The van der Waals surface area contributed by atoms with E-state index in [4.69, 9.17) is 0 Å². The van der Waals surface area contributed by atoms with Crippen LogP contribution in [0.2, 0.25) is 0 Å². The molecule has 0 N–H and O–H groups in total. The highest BCUT2D eigenvalue weighted by atomic mass is 16.2. The second-order valence-corrected chi connectivity index (χ2v) is 6.50. The summed E-state index contributed by atoms with van der Waals surface area (Å²) in [5.74, 6) is -0.208. The summed E-state index contributed by atoms with van der Waals surface area (Å²) in [5, 5.41) is 0. The number of ketones is 2. The molecule has 0 bridgehead atoms. The predicted octanol–water partition coefficient (Wildman–Crippen LogP) is 1.46. The lowest BCUT2D eigenvalue weighted by Gasteiger charge is -2.30. The molecule has 2 aliphatic carbocycles. The smallest absolute Gasteiger partial charge is 0.171 e. The molecule has 3 nitrogen and oxygen atoms in total. The van der Waals surface area contributed by atoms with Crippen LogP contribution < -0.4 is 0 Å². The molecule has 2 fully saturated rings. The molecule has 0 spiro atoms. The number of allylic oxidation sites excluding steroid dienone is 1. The van der Waals surface area contributed by atoms with Crippen molar-refractivity contribution >= 4 is 17.8 Å². The standard InChI is InChI=1S/C15H20NO2/c1-8-5-15(3)6-10-11(14(15)16(4)7-8)13(18)9(2)12(10)17/h5,7,9-11,14H,6H2,1-4H3/q+1/t9?,10-,11+,14-,15+/m0/s1. The number of carbonyl (C=O) groups excluding carboxylic acids is 2. The molecule has 1 unspecified atom stereocenters. The molecule has 0 aromatic carbocycles. The van der Waals surface area contributed by atoms with Gasteiger partial charge in [-0.2, -0.15) is 0 Å². The van der Waals surface area contributed by atoms with Gasteiger partial charge in [-0.15, -0.1) is 0 Å². The molecule has 18 heavy (non-hydrogen) atoms. The van der Waals surface area contributed by atoms with Gasteiger partial charge in [0.1, 0.15) is 12.8 Å². The first-order valence-corrected chi connectivity index (χ1v) is 6.69. The van der Waals surface area contributed by atoms with Gasteiger partial charge in [-0.1, -0.05) is 6.08 Å². The Balaban J connectivity index is 2.10. The maximum atomic E-state index is 12.3. The van der Waals surface area contributed by atoms with Crippen molar-refractivity contribution in [3.63, 3.8) is 0 Å². The predicted molar refractivity (Wildman–Crippen MR) is 68.7 cm³/mol. The highest BCUT2D eigenvalue weighted by Crippen LogP contribution is 2.54. The summed E-state index contributed by atoms with van der Waals surface area (Å²) >= 11 is 0. The third-order valence-electron chi connectivity index (χ3n) is 5.06. The quantitative estimate of drug-likeness (QED) is 0.479. The zero-order chi connectivity index (χ0) is 13.2. The van der Waals surface area contributed by atoms with Gasteiger partial charge in [0.05, 0.1) is 11.8 Å². The molecule has 3 rings (SSSR count). The van der Waals surface area contributed by atoms with Gasteiger partial charge in [0.15, 0.2) is 18.0 Å². The fraction of sp³-hybridized carbons (Fsp3) is 0.667. The van der Waals surface area contributed by atoms with Gasteiger partial charge in [0.25, 0.3) is 0 Å². The monoisotopic (exact) mass is 246 g/mol. The normalized spacial score (nSPS) is 46.7. The van der Waals surface area contributed by atoms with Crippen LogP contribution >= 0.6 is 0 Å². The summed E-state index contributed by atoms with van der Waals surface area (Å²) in [5.41, 5.74) is 1.19. The molecular weight excluding hydrogens is 226 g/mol. The molecule has 3 heteroatoms. The number of carbonyl (C=O) groups is 2. The molecule has 1 heterocycles. The minimum absolute atomic E-state index is 0.0334. The molecule has 2 saturated carbocycles. The van der Waals surface area contributed by atoms with Crippen LogP contribution in [0.3, 0.4) is 0 Å². The second kappa shape index (κ2) is 3.40. The van der Waals surface area contributed by atoms with E-state index in [0.29, 0.717) is 0 Å². The number of rotatable bonds is 0. The Labute approximate surface area is 108 Å². The number of nitrogens with zero attached hydrogens (tertiary/aromatic N) is 1. The molecule has 96 valence electrons. The zero-order valence-electron chi connectivity index (χ0n) is 11.4. The highest BCUT2D eigenvalue weighted by Gasteiger charge is 2.65. The van der Waals surface area contributed by atoms with Crippen molar-refractivity contribution in [2.24, 2.45) is 23.2 Å². The van der Waals surface area contributed by atoms with E-state index in [1.807, 2.05) is 7.05 Å². The van der Waals surface area contributed by atoms with E-state index in [9.17, 15) is 9.59 Å². The third kappa shape index (κ3) is 1.28. The van der Waals surface area contributed by atoms with Gasteiger partial charge in [-0.25, -0.2) is 4.58 Å². The van der Waals surface area contributed by atoms with Crippen LogP contribution in [0.5, 0.6) is 0 Å². The lowest BCUT2D eigenvalue weighted by Crippen LogP contribution is -2.44. The second-order valence-electron chi connectivity index (χ2n) is 6.50. The van der Waals surface area contributed by atoms with Crippen LogP contribution in [0.1, 0.15) is 27.2 Å². The van der Waals surface area contributed by atoms with Gasteiger partial charge in [-0.05, 0) is 27.2 Å². The Bertz CT molecular complexity index is 517. The maximum absolute atomic E-state index is 12.3. The van der Waals surface area contributed by atoms with Crippen LogP contribution in [0.15, 0.2) is 11.6 Å². The van der Waals surface area contributed by atoms with Crippen LogP contribution in [0.4, 0.5) is 0 Å². The van der Waals surface area contributed by atoms with Crippen LogP contribution in [-0.4, -0.2) is 35.4 Å². The average molecular weight is 246 g/mol. The largest absolute Gasteiger partial charge is 0.299 e. The van der Waals surface area contributed by atoms with E-state index in [1.54, 1.807) is 6.92 Å². The van der Waals surface area contributed by atoms with E-state index < -0.39 is 0 Å². The van der Waals surface area contributed by atoms with E-state index in [2.05, 4.69) is 30.7 Å². The Kier molecular flexibility index (Phi) is 2.23. The average Bonchev–Trinajstić information content (AvgIpc) is 2.67. The first-order chi connectivity index (χ1) is 8.35. The van der Waals surface area contributed by atoms with E-state index >= 15 is 0 Å². The van der Waals surface area contributed by atoms with Gasteiger partial charge in [0, 0.05) is 16.9 Å². The van der Waals surface area contributed by atoms with Crippen molar-refractivity contribution in [3.8, 4) is 0 Å². The summed E-state index contributed by atoms with van der Waals surface area (Å²) in [6.07, 6.45) is 5.17. The minimum Gasteiger partial charge on any atom is -0.299 e. The molecule has 0 aromatic rings. The Morgan fingerprint density at radius 2 is 2.00 bits per heavy atom. The topological polar surface area (TPSA) is 37.1 Å². The lowest BCUT2D eigenvalue weighted by atomic mass is 9.77. The Hall–Kier alpha value is -1.25. The van der Waals surface area contributed by atoms with Crippen molar-refractivity contribution in [2.45, 2.75) is 33.2 Å². The van der Waals surface area contributed by atoms with Crippen molar-refractivity contribution < 1.29 is 14.2 Å². The maximum Gasteiger partial charge on any atom is 0.171 e. The summed E-state index contributed by atoms with van der Waals surface area (Å²) in [7, 11) is 2.03. The van der Waals surface area contributed by atoms with Crippen molar-refractivity contribution in [1.29, 1.82) is 0 Å². The van der Waals surface area contributed by atoms with Gasteiger partial charge in [0.2, 0.25) is 0 Å². The van der Waals surface area contributed by atoms with Crippen molar-refractivity contribution in [2.75, 3.05) is 7.05 Å². The van der Waals surface area contributed by atoms with Crippen LogP contribution in [0.25, 0.3) is 0 Å². The number of hydrogen-bond donors (Lipinski definition) is 0. The summed E-state index contributed by atoms with van der Waals surface area (Å²) in [6.45, 7) is 6.04. The van der Waals surface area contributed by atoms with Gasteiger partial charge in [-0.3, -0.25) is 9.59 Å². The van der Waals surface area contributed by atoms with Crippen molar-refractivity contribution in [3.05, 3.63) is 11.6 Å². The minimum atomic E-state index is -0.384. The first kappa shape index (κ1) is 11.8. The highest BCUT2D eigenvalue weighted by molar-refractivity contribution is 6.12. The number of fused-ring (bicyclic) bond motifs is 3. The van der Waals surface area contributed by atoms with E-state index in [0.717, 1.165) is 6.42 Å². The van der Waals surface area contributed by atoms with Gasteiger partial charge >= 0.3 is 0 Å². The van der Waals surface area contributed by atoms with Crippen molar-refractivity contribution in [1.82, 2.24) is 0 Å². The molecular formula is C15H20NO2+. The van der Waals surface area contributed by atoms with E-state index in [1.165, 1.54) is 5.57 Å².